The van der Waals surface area contributed by atoms with Crippen molar-refractivity contribution in [3.05, 3.63) is 35.5 Å². The molecule has 0 spiro atoms. The topological polar surface area (TPSA) is 34.2 Å². The summed E-state index contributed by atoms with van der Waals surface area (Å²) in [7, 11) is 0. The molecule has 3 nitrogen and oxygen atoms in total. The molecular weight excluding hydrogens is 246 g/mol. The van der Waals surface area contributed by atoms with Gasteiger partial charge in [-0.15, -0.1) is 0 Å². The maximum Gasteiger partial charge on any atom is 0.0483 e. The first-order chi connectivity index (χ1) is 9.81. The molecule has 0 unspecified atom stereocenters. The highest BCUT2D eigenvalue weighted by Gasteiger charge is 2.14. The molecule has 0 aliphatic carbocycles. The maximum absolute atomic E-state index is 5.75. The number of benzene rings is 1. The van der Waals surface area contributed by atoms with Crippen LogP contribution >= 0.6 is 0 Å². The van der Waals surface area contributed by atoms with Crippen molar-refractivity contribution in [2.45, 2.75) is 45.8 Å². The molecule has 0 radical (unpaired) electrons. The van der Waals surface area contributed by atoms with Gasteiger partial charge in [0.2, 0.25) is 0 Å². The number of hydrogen-bond donors (Lipinski definition) is 1. The normalized spacial score (nSPS) is 16.9. The van der Waals surface area contributed by atoms with Gasteiger partial charge in [0.05, 0.1) is 0 Å². The van der Waals surface area contributed by atoms with Crippen LogP contribution in [0.3, 0.4) is 0 Å². The standard InChI is InChI=1S/C17H25N3/c1-2-20-16(13-19-8-4-3-5-9-19)11-15-10-14(12-18)6-7-17(15)20/h6-7,10-11H,2-5,8-9,12-13,18H2,1H3. The fourth-order valence-electron chi connectivity index (χ4n) is 3.36. The van der Waals surface area contributed by atoms with Crippen molar-refractivity contribution >= 4 is 10.9 Å². The SMILES string of the molecule is CCn1c(CN2CCCCC2)cc2cc(CN)ccc21. The number of aryl methyl sites for hydroxylation is 1. The van der Waals surface area contributed by atoms with Gasteiger partial charge in [-0.2, -0.15) is 0 Å². The number of fused-ring (bicyclic) bond motifs is 1. The molecule has 1 fully saturated rings. The zero-order valence-corrected chi connectivity index (χ0v) is 12.4. The monoisotopic (exact) mass is 271 g/mol. The van der Waals surface area contributed by atoms with E-state index in [1.807, 2.05) is 0 Å². The lowest BCUT2D eigenvalue weighted by Crippen LogP contribution is -2.29. The van der Waals surface area contributed by atoms with E-state index in [2.05, 4.69) is 40.7 Å². The molecule has 3 heteroatoms. The summed E-state index contributed by atoms with van der Waals surface area (Å²) in [5.74, 6) is 0. The van der Waals surface area contributed by atoms with E-state index < -0.39 is 0 Å². The molecular formula is C17H25N3. The highest BCUT2D eigenvalue weighted by molar-refractivity contribution is 5.82. The number of nitrogens with zero attached hydrogens (tertiary/aromatic N) is 2. The van der Waals surface area contributed by atoms with Gasteiger partial charge < -0.3 is 10.3 Å². The number of likely N-dealkylation sites (tertiary alicyclic amines) is 1. The molecule has 108 valence electrons. The number of aromatic nitrogens is 1. The molecule has 1 aliphatic rings. The Morgan fingerprint density at radius 2 is 1.90 bits per heavy atom. The zero-order valence-electron chi connectivity index (χ0n) is 12.4. The van der Waals surface area contributed by atoms with Crippen molar-refractivity contribution in [2.75, 3.05) is 13.1 Å². The molecule has 1 saturated heterocycles. The minimum absolute atomic E-state index is 0.620. The lowest BCUT2D eigenvalue weighted by Gasteiger charge is -2.26. The van der Waals surface area contributed by atoms with Crippen LogP contribution in [-0.4, -0.2) is 22.6 Å². The summed E-state index contributed by atoms with van der Waals surface area (Å²) in [6, 6.07) is 8.97. The molecule has 20 heavy (non-hydrogen) atoms. The fourth-order valence-corrected chi connectivity index (χ4v) is 3.36. The van der Waals surface area contributed by atoms with Crippen LogP contribution in [-0.2, 0) is 19.6 Å². The van der Waals surface area contributed by atoms with Crippen LogP contribution in [0, 0.1) is 0 Å². The Hall–Kier alpha value is -1.32. The van der Waals surface area contributed by atoms with Gasteiger partial charge in [-0.05, 0) is 56.6 Å². The molecule has 2 N–H and O–H groups in total. The highest BCUT2D eigenvalue weighted by atomic mass is 15.1. The first-order valence-corrected chi connectivity index (χ1v) is 7.85. The molecule has 0 atom stereocenters. The second-order valence-corrected chi connectivity index (χ2v) is 5.81. The van der Waals surface area contributed by atoms with E-state index in [1.165, 1.54) is 54.5 Å². The van der Waals surface area contributed by atoms with Gasteiger partial charge in [-0.1, -0.05) is 12.5 Å². The quantitative estimate of drug-likeness (QED) is 0.927. The molecule has 3 rings (SSSR count). The van der Waals surface area contributed by atoms with E-state index in [4.69, 9.17) is 5.73 Å². The summed E-state index contributed by atoms with van der Waals surface area (Å²) >= 11 is 0. The van der Waals surface area contributed by atoms with E-state index in [0.717, 1.165) is 13.1 Å². The van der Waals surface area contributed by atoms with E-state index in [9.17, 15) is 0 Å². The molecule has 0 bridgehead atoms. The molecule has 0 amide bonds. The molecule has 1 aliphatic heterocycles. The number of nitrogens with two attached hydrogens (primary N) is 1. The largest absolute Gasteiger partial charge is 0.344 e. The Kier molecular flexibility index (Phi) is 4.08. The van der Waals surface area contributed by atoms with Crippen LogP contribution in [0.4, 0.5) is 0 Å². The second kappa shape index (κ2) is 5.98. The van der Waals surface area contributed by atoms with E-state index in [1.54, 1.807) is 0 Å². The van der Waals surface area contributed by atoms with Crippen molar-refractivity contribution in [2.24, 2.45) is 5.73 Å². The Labute approximate surface area is 121 Å². The van der Waals surface area contributed by atoms with Crippen LogP contribution in [0.2, 0.25) is 0 Å². The first kappa shape index (κ1) is 13.7. The molecule has 2 aromatic rings. The highest BCUT2D eigenvalue weighted by Crippen LogP contribution is 2.23. The van der Waals surface area contributed by atoms with Gasteiger partial charge in [0.1, 0.15) is 0 Å². The maximum atomic E-state index is 5.75. The van der Waals surface area contributed by atoms with Crippen molar-refractivity contribution < 1.29 is 0 Å². The van der Waals surface area contributed by atoms with Gasteiger partial charge in [0.15, 0.2) is 0 Å². The van der Waals surface area contributed by atoms with Gasteiger partial charge in [-0.3, -0.25) is 4.90 Å². The lowest BCUT2D eigenvalue weighted by atomic mass is 10.1. The Balaban J connectivity index is 1.92. The third kappa shape index (κ3) is 2.60. The summed E-state index contributed by atoms with van der Waals surface area (Å²) in [5.41, 5.74) is 9.76. The van der Waals surface area contributed by atoms with Gasteiger partial charge >= 0.3 is 0 Å². The third-order valence-electron chi connectivity index (χ3n) is 4.44. The third-order valence-corrected chi connectivity index (χ3v) is 4.44. The molecule has 0 saturated carbocycles. The van der Waals surface area contributed by atoms with Gasteiger partial charge in [0, 0.05) is 36.2 Å². The second-order valence-electron chi connectivity index (χ2n) is 5.81. The van der Waals surface area contributed by atoms with Crippen molar-refractivity contribution in [3.63, 3.8) is 0 Å². The van der Waals surface area contributed by atoms with Crippen molar-refractivity contribution in [3.8, 4) is 0 Å². The molecule has 1 aromatic heterocycles. The van der Waals surface area contributed by atoms with Crippen LogP contribution in [0.15, 0.2) is 24.3 Å². The van der Waals surface area contributed by atoms with Crippen LogP contribution in [0.5, 0.6) is 0 Å². The molecule has 1 aromatic carbocycles. The lowest BCUT2D eigenvalue weighted by molar-refractivity contribution is 0.216. The Bertz CT molecular complexity index is 579. The van der Waals surface area contributed by atoms with E-state index in [0.29, 0.717) is 6.54 Å². The van der Waals surface area contributed by atoms with Gasteiger partial charge in [0.25, 0.3) is 0 Å². The zero-order chi connectivity index (χ0) is 13.9. The summed E-state index contributed by atoms with van der Waals surface area (Å²) < 4.78 is 2.45. The van der Waals surface area contributed by atoms with Crippen LogP contribution < -0.4 is 5.73 Å². The van der Waals surface area contributed by atoms with E-state index >= 15 is 0 Å². The van der Waals surface area contributed by atoms with Crippen LogP contribution in [0.25, 0.3) is 10.9 Å². The Morgan fingerprint density at radius 3 is 2.60 bits per heavy atom. The summed E-state index contributed by atoms with van der Waals surface area (Å²) in [6.45, 7) is 7.47. The predicted octanol–water partition coefficient (Wildman–Crippen LogP) is 3.11. The first-order valence-electron chi connectivity index (χ1n) is 7.85. The summed E-state index contributed by atoms with van der Waals surface area (Å²) in [4.78, 5) is 2.59. The fraction of sp³-hybridized carbons (Fsp3) is 0.529. The smallest absolute Gasteiger partial charge is 0.0483 e. The van der Waals surface area contributed by atoms with Crippen molar-refractivity contribution in [1.82, 2.24) is 9.47 Å². The van der Waals surface area contributed by atoms with Gasteiger partial charge in [-0.25, -0.2) is 0 Å². The Morgan fingerprint density at radius 1 is 1.10 bits per heavy atom. The number of rotatable bonds is 4. The minimum Gasteiger partial charge on any atom is -0.344 e. The molecule has 2 heterocycles. The average Bonchev–Trinajstić information content (AvgIpc) is 2.84. The summed E-state index contributed by atoms with van der Waals surface area (Å²) in [5, 5.41) is 1.34. The van der Waals surface area contributed by atoms with Crippen LogP contribution in [0.1, 0.15) is 37.4 Å². The van der Waals surface area contributed by atoms with E-state index in [-0.39, 0.29) is 0 Å². The number of piperidine rings is 1. The minimum atomic E-state index is 0.620. The van der Waals surface area contributed by atoms with Crippen molar-refractivity contribution in [1.29, 1.82) is 0 Å². The number of hydrogen-bond acceptors (Lipinski definition) is 2. The average molecular weight is 271 g/mol. The predicted molar refractivity (Wildman–Crippen MR) is 84.6 cm³/mol. The summed E-state index contributed by atoms with van der Waals surface area (Å²) in [6.07, 6.45) is 4.10.